The Hall–Kier alpha value is -1.10. The Bertz CT molecular complexity index is 291. The molecular formula is C12H23NO4. The van der Waals surface area contributed by atoms with Crippen molar-refractivity contribution < 1.29 is 19.4 Å². The number of hydrogen-bond acceptors (Lipinski definition) is 4. The summed E-state index contributed by atoms with van der Waals surface area (Å²) in [6.45, 7) is 8.66. The Morgan fingerprint density at radius 3 is 1.88 bits per heavy atom. The van der Waals surface area contributed by atoms with Gasteiger partial charge in [-0.3, -0.25) is 0 Å². The van der Waals surface area contributed by atoms with E-state index >= 15 is 0 Å². The maximum absolute atomic E-state index is 12.0. The van der Waals surface area contributed by atoms with E-state index in [9.17, 15) is 14.7 Å². The topological polar surface area (TPSA) is 89.6 Å². The standard InChI is InChI=1S/C12H23NO4/c1-6-8(7-2)12(13,9(14)15)10(16)17-11(3,4)5/h8H,6-7,13H2,1-5H3,(H,14,15)/t12-/m0/s1. The Labute approximate surface area is 102 Å². The zero-order valence-corrected chi connectivity index (χ0v) is 11.2. The summed E-state index contributed by atoms with van der Waals surface area (Å²) < 4.78 is 5.10. The highest BCUT2D eigenvalue weighted by molar-refractivity contribution is 6.04. The number of esters is 1. The van der Waals surface area contributed by atoms with E-state index in [1.807, 2.05) is 13.8 Å². The highest BCUT2D eigenvalue weighted by Crippen LogP contribution is 2.25. The van der Waals surface area contributed by atoms with Gasteiger partial charge in [0.25, 0.3) is 0 Å². The molecule has 0 saturated carbocycles. The van der Waals surface area contributed by atoms with E-state index in [0.717, 1.165) is 0 Å². The fourth-order valence-corrected chi connectivity index (χ4v) is 1.72. The van der Waals surface area contributed by atoms with Gasteiger partial charge in [0.05, 0.1) is 0 Å². The Balaban J connectivity index is 5.21. The third-order valence-electron chi connectivity index (χ3n) is 2.72. The molecule has 5 heteroatoms. The van der Waals surface area contributed by atoms with Crippen molar-refractivity contribution >= 4 is 11.9 Å². The van der Waals surface area contributed by atoms with Crippen molar-refractivity contribution in [2.45, 2.75) is 58.6 Å². The van der Waals surface area contributed by atoms with Crippen LogP contribution in [0.2, 0.25) is 0 Å². The van der Waals surface area contributed by atoms with Gasteiger partial charge >= 0.3 is 11.9 Å². The number of carbonyl (C=O) groups is 2. The zero-order chi connectivity index (χ0) is 13.9. The van der Waals surface area contributed by atoms with Crippen LogP contribution < -0.4 is 5.73 Å². The largest absolute Gasteiger partial charge is 0.479 e. The summed E-state index contributed by atoms with van der Waals surface area (Å²) in [5.41, 5.74) is 3.07. The molecule has 0 aliphatic rings. The lowest BCUT2D eigenvalue weighted by Gasteiger charge is -2.33. The van der Waals surface area contributed by atoms with Crippen molar-refractivity contribution in [3.63, 3.8) is 0 Å². The van der Waals surface area contributed by atoms with Crippen LogP contribution in [0.1, 0.15) is 47.5 Å². The Morgan fingerprint density at radius 1 is 1.24 bits per heavy atom. The second-order valence-corrected chi connectivity index (χ2v) is 5.19. The quantitative estimate of drug-likeness (QED) is 0.566. The molecule has 3 N–H and O–H groups in total. The lowest BCUT2D eigenvalue weighted by molar-refractivity contribution is -0.172. The van der Waals surface area contributed by atoms with E-state index in [-0.39, 0.29) is 0 Å². The maximum atomic E-state index is 12.0. The van der Waals surface area contributed by atoms with Crippen molar-refractivity contribution in [2.24, 2.45) is 11.7 Å². The van der Waals surface area contributed by atoms with Crippen LogP contribution in [0.3, 0.4) is 0 Å². The predicted octanol–water partition coefficient (Wildman–Crippen LogP) is 1.55. The second-order valence-electron chi connectivity index (χ2n) is 5.19. The van der Waals surface area contributed by atoms with Crippen molar-refractivity contribution in [1.29, 1.82) is 0 Å². The molecule has 1 atom stereocenters. The number of carboxylic acids is 1. The molecule has 5 nitrogen and oxygen atoms in total. The minimum atomic E-state index is -1.96. The molecule has 100 valence electrons. The smallest absolute Gasteiger partial charge is 0.338 e. The van der Waals surface area contributed by atoms with Crippen LogP contribution in [0.5, 0.6) is 0 Å². The van der Waals surface area contributed by atoms with Gasteiger partial charge in [0.1, 0.15) is 5.60 Å². The van der Waals surface area contributed by atoms with Gasteiger partial charge in [-0.2, -0.15) is 0 Å². The summed E-state index contributed by atoms with van der Waals surface area (Å²) in [4.78, 5) is 23.2. The average molecular weight is 245 g/mol. The first-order chi connectivity index (χ1) is 7.59. The van der Waals surface area contributed by atoms with Crippen LogP contribution in [0, 0.1) is 5.92 Å². The third kappa shape index (κ3) is 3.70. The highest BCUT2D eigenvalue weighted by Gasteiger charge is 2.50. The molecule has 0 aromatic rings. The summed E-state index contributed by atoms with van der Waals surface area (Å²) in [6.07, 6.45) is 1.02. The molecule has 0 fully saturated rings. The number of hydrogen-bond donors (Lipinski definition) is 2. The minimum absolute atomic E-state index is 0.435. The van der Waals surface area contributed by atoms with Crippen molar-refractivity contribution in [1.82, 2.24) is 0 Å². The van der Waals surface area contributed by atoms with Gasteiger partial charge in [-0.05, 0) is 26.7 Å². The summed E-state index contributed by atoms with van der Waals surface area (Å²) >= 11 is 0. The number of aliphatic carboxylic acids is 1. The molecule has 17 heavy (non-hydrogen) atoms. The van der Waals surface area contributed by atoms with Gasteiger partial charge in [-0.1, -0.05) is 26.7 Å². The van der Waals surface area contributed by atoms with E-state index in [2.05, 4.69) is 0 Å². The highest BCUT2D eigenvalue weighted by atomic mass is 16.6. The first-order valence-corrected chi connectivity index (χ1v) is 5.85. The van der Waals surface area contributed by atoms with Gasteiger partial charge < -0.3 is 15.6 Å². The molecule has 0 spiro atoms. The van der Waals surface area contributed by atoms with Gasteiger partial charge in [0, 0.05) is 0 Å². The Morgan fingerprint density at radius 2 is 1.65 bits per heavy atom. The summed E-state index contributed by atoms with van der Waals surface area (Å²) in [6, 6.07) is 0. The van der Waals surface area contributed by atoms with E-state index in [1.54, 1.807) is 20.8 Å². The molecule has 0 amide bonds. The monoisotopic (exact) mass is 245 g/mol. The zero-order valence-electron chi connectivity index (χ0n) is 11.2. The lowest BCUT2D eigenvalue weighted by Crippen LogP contribution is -2.61. The molecule has 0 heterocycles. The Kier molecular flexibility index (Phi) is 5.13. The molecule has 0 aliphatic carbocycles. The molecule has 0 saturated heterocycles. The van der Waals surface area contributed by atoms with Crippen LogP contribution in [0.25, 0.3) is 0 Å². The third-order valence-corrected chi connectivity index (χ3v) is 2.72. The van der Waals surface area contributed by atoms with E-state index in [4.69, 9.17) is 10.5 Å². The van der Waals surface area contributed by atoms with E-state index < -0.39 is 29.0 Å². The van der Waals surface area contributed by atoms with Crippen LogP contribution in [0.15, 0.2) is 0 Å². The van der Waals surface area contributed by atoms with Crippen LogP contribution in [-0.4, -0.2) is 28.2 Å². The van der Waals surface area contributed by atoms with E-state index in [0.29, 0.717) is 12.8 Å². The van der Waals surface area contributed by atoms with Gasteiger partial charge in [-0.25, -0.2) is 9.59 Å². The van der Waals surface area contributed by atoms with Crippen molar-refractivity contribution in [2.75, 3.05) is 0 Å². The predicted molar refractivity (Wildman–Crippen MR) is 64.5 cm³/mol. The number of carboxylic acid groups (broad SMARTS) is 1. The normalized spacial score (nSPS) is 15.5. The average Bonchev–Trinajstić information content (AvgIpc) is 2.16. The number of carbonyl (C=O) groups excluding carboxylic acids is 1. The fourth-order valence-electron chi connectivity index (χ4n) is 1.72. The summed E-state index contributed by atoms with van der Waals surface area (Å²) in [5.74, 6) is -2.64. The molecule has 0 bridgehead atoms. The maximum Gasteiger partial charge on any atom is 0.338 e. The second kappa shape index (κ2) is 5.49. The number of nitrogens with two attached hydrogens (primary N) is 1. The van der Waals surface area contributed by atoms with Gasteiger partial charge in [0.2, 0.25) is 5.54 Å². The van der Waals surface area contributed by atoms with Crippen LogP contribution in [-0.2, 0) is 14.3 Å². The van der Waals surface area contributed by atoms with Crippen molar-refractivity contribution in [3.05, 3.63) is 0 Å². The molecule has 0 radical (unpaired) electrons. The van der Waals surface area contributed by atoms with Crippen LogP contribution in [0.4, 0.5) is 0 Å². The molecule has 0 unspecified atom stereocenters. The first-order valence-electron chi connectivity index (χ1n) is 5.85. The molecular weight excluding hydrogens is 222 g/mol. The summed E-state index contributed by atoms with van der Waals surface area (Å²) in [5, 5.41) is 9.21. The number of ether oxygens (including phenoxy) is 1. The van der Waals surface area contributed by atoms with Crippen LogP contribution >= 0.6 is 0 Å². The molecule has 0 aromatic heterocycles. The molecule has 0 aliphatic heterocycles. The molecule has 0 aromatic carbocycles. The van der Waals surface area contributed by atoms with Gasteiger partial charge in [-0.15, -0.1) is 0 Å². The van der Waals surface area contributed by atoms with Gasteiger partial charge in [0.15, 0.2) is 0 Å². The minimum Gasteiger partial charge on any atom is -0.479 e. The van der Waals surface area contributed by atoms with E-state index in [1.165, 1.54) is 0 Å². The first kappa shape index (κ1) is 15.9. The number of rotatable bonds is 5. The molecule has 0 rings (SSSR count). The van der Waals surface area contributed by atoms with Crippen molar-refractivity contribution in [3.8, 4) is 0 Å². The SMILES string of the molecule is CCC(CC)[C@](N)(C(=O)O)C(=O)OC(C)(C)C. The lowest BCUT2D eigenvalue weighted by atomic mass is 9.81. The summed E-state index contributed by atoms with van der Waals surface area (Å²) in [7, 11) is 0. The fraction of sp³-hybridized carbons (Fsp3) is 0.833.